The highest BCUT2D eigenvalue weighted by atomic mass is 16.6. The third kappa shape index (κ3) is 4.92. The second-order valence-corrected chi connectivity index (χ2v) is 12.1. The summed E-state index contributed by atoms with van der Waals surface area (Å²) in [5.74, 6) is 2.00. The number of rotatable bonds is 9. The topological polar surface area (TPSA) is 72.8 Å². The van der Waals surface area contributed by atoms with Crippen LogP contribution in [-0.2, 0) is 14.9 Å². The standard InChI is InChI=1S/C34H38O5/c1-3-5-30(33(37)38-4-2)39-31-17-27-11-10-26(24-6-8-25(9-7-24)32(35)36)15-28(27)16-29(31)34-18-21-12-22(19-34)14-23(13-21)20-34/h6-11,15-17,21-23,30H,3-5,12-14,18-20H2,1-2H3,(H,35,36). The molecule has 4 aliphatic carbocycles. The highest BCUT2D eigenvalue weighted by molar-refractivity contribution is 5.91. The Morgan fingerprint density at radius 2 is 1.51 bits per heavy atom. The van der Waals surface area contributed by atoms with Crippen molar-refractivity contribution < 1.29 is 24.2 Å². The van der Waals surface area contributed by atoms with E-state index in [0.29, 0.717) is 13.0 Å². The van der Waals surface area contributed by atoms with Crippen molar-refractivity contribution in [2.75, 3.05) is 6.61 Å². The number of hydrogen-bond acceptors (Lipinski definition) is 4. The van der Waals surface area contributed by atoms with Crippen molar-refractivity contribution in [2.45, 2.75) is 76.7 Å². The van der Waals surface area contributed by atoms with Crippen LogP contribution < -0.4 is 4.74 Å². The molecule has 1 unspecified atom stereocenters. The molecule has 204 valence electrons. The summed E-state index contributed by atoms with van der Waals surface area (Å²) in [4.78, 5) is 24.2. The van der Waals surface area contributed by atoms with Crippen LogP contribution in [0, 0.1) is 17.8 Å². The van der Waals surface area contributed by atoms with Gasteiger partial charge in [0.25, 0.3) is 0 Å². The average molecular weight is 527 g/mol. The molecule has 5 heteroatoms. The van der Waals surface area contributed by atoms with E-state index in [9.17, 15) is 14.7 Å². The predicted molar refractivity (Wildman–Crippen MR) is 152 cm³/mol. The van der Waals surface area contributed by atoms with Crippen LogP contribution in [0.15, 0.2) is 54.6 Å². The predicted octanol–water partition coefficient (Wildman–Crippen LogP) is 7.78. The number of hydrogen-bond donors (Lipinski definition) is 1. The molecular weight excluding hydrogens is 488 g/mol. The lowest BCUT2D eigenvalue weighted by Crippen LogP contribution is -2.48. The van der Waals surface area contributed by atoms with Gasteiger partial charge in [-0.1, -0.05) is 37.6 Å². The normalized spacial score (nSPS) is 25.9. The molecule has 1 N–H and O–H groups in total. The zero-order valence-corrected chi connectivity index (χ0v) is 22.9. The van der Waals surface area contributed by atoms with Gasteiger partial charge in [0.05, 0.1) is 12.2 Å². The number of fused-ring (bicyclic) bond motifs is 1. The van der Waals surface area contributed by atoms with E-state index in [-0.39, 0.29) is 16.9 Å². The number of carbonyl (C=O) groups excluding carboxylic acids is 1. The molecule has 4 aliphatic rings. The fraction of sp³-hybridized carbons (Fsp3) is 0.471. The Morgan fingerprint density at radius 3 is 2.10 bits per heavy atom. The maximum atomic E-state index is 12.8. The maximum absolute atomic E-state index is 12.8. The zero-order valence-electron chi connectivity index (χ0n) is 22.9. The van der Waals surface area contributed by atoms with Crippen LogP contribution in [0.2, 0.25) is 0 Å². The molecular formula is C34H38O5. The Hall–Kier alpha value is -3.34. The summed E-state index contributed by atoms with van der Waals surface area (Å²) in [5.41, 5.74) is 3.69. The lowest BCUT2D eigenvalue weighted by molar-refractivity contribution is -0.151. The highest BCUT2D eigenvalue weighted by Gasteiger charge is 2.52. The molecule has 0 aromatic heterocycles. The molecule has 0 heterocycles. The molecule has 0 spiro atoms. The van der Waals surface area contributed by atoms with Crippen molar-refractivity contribution in [3.05, 3.63) is 65.7 Å². The molecule has 0 radical (unpaired) electrons. The SMILES string of the molecule is CCCC(Oc1cc2ccc(-c3ccc(C(=O)O)cc3)cc2cc1C12CC3CC(CC(C3)C1)C2)C(=O)OCC. The van der Waals surface area contributed by atoms with Crippen molar-refractivity contribution in [1.82, 2.24) is 0 Å². The summed E-state index contributed by atoms with van der Waals surface area (Å²) < 4.78 is 12.0. The third-order valence-electron chi connectivity index (χ3n) is 9.38. The Bertz CT molecular complexity index is 1350. The smallest absolute Gasteiger partial charge is 0.347 e. The molecule has 1 atom stereocenters. The van der Waals surface area contributed by atoms with Crippen LogP contribution in [0.5, 0.6) is 5.75 Å². The van der Waals surface area contributed by atoms with E-state index in [1.807, 2.05) is 19.1 Å². The second-order valence-electron chi connectivity index (χ2n) is 12.1. The summed E-state index contributed by atoms with van der Waals surface area (Å²) in [6, 6.07) is 17.9. The number of carboxylic acids is 1. The van der Waals surface area contributed by atoms with Gasteiger partial charge in [-0.05, 0) is 127 Å². The first-order chi connectivity index (χ1) is 18.9. The molecule has 5 nitrogen and oxygen atoms in total. The molecule has 4 fully saturated rings. The van der Waals surface area contributed by atoms with Crippen LogP contribution in [0.25, 0.3) is 21.9 Å². The van der Waals surface area contributed by atoms with Gasteiger partial charge in [-0.15, -0.1) is 0 Å². The Kier molecular flexibility index (Phi) is 6.86. The first kappa shape index (κ1) is 25.9. The highest BCUT2D eigenvalue weighted by Crippen LogP contribution is 2.62. The van der Waals surface area contributed by atoms with Crippen LogP contribution >= 0.6 is 0 Å². The van der Waals surface area contributed by atoms with Crippen LogP contribution in [0.4, 0.5) is 0 Å². The monoisotopic (exact) mass is 526 g/mol. The minimum atomic E-state index is -0.919. The molecule has 39 heavy (non-hydrogen) atoms. The molecule has 3 aromatic rings. The summed E-state index contributed by atoms with van der Waals surface area (Å²) in [6.07, 6.45) is 8.56. The van der Waals surface area contributed by atoms with Gasteiger partial charge in [-0.25, -0.2) is 9.59 Å². The summed E-state index contributed by atoms with van der Waals surface area (Å²) in [7, 11) is 0. The minimum Gasteiger partial charge on any atom is -0.478 e. The fourth-order valence-electron chi connectivity index (χ4n) is 8.09. The largest absolute Gasteiger partial charge is 0.478 e. The van der Waals surface area contributed by atoms with Crippen molar-refractivity contribution in [2.24, 2.45) is 17.8 Å². The van der Waals surface area contributed by atoms with Gasteiger partial charge >= 0.3 is 11.9 Å². The maximum Gasteiger partial charge on any atom is 0.347 e. The number of benzene rings is 3. The number of esters is 1. The van der Waals surface area contributed by atoms with Gasteiger partial charge in [-0.3, -0.25) is 0 Å². The third-order valence-corrected chi connectivity index (χ3v) is 9.38. The molecule has 0 amide bonds. The number of aromatic carboxylic acids is 1. The molecule has 4 saturated carbocycles. The van der Waals surface area contributed by atoms with Gasteiger partial charge in [0.2, 0.25) is 0 Å². The van der Waals surface area contributed by atoms with Crippen LogP contribution in [-0.4, -0.2) is 29.8 Å². The Balaban J connectivity index is 1.44. The molecule has 7 rings (SSSR count). The first-order valence-corrected chi connectivity index (χ1v) is 14.6. The van der Waals surface area contributed by atoms with Crippen LogP contribution in [0.3, 0.4) is 0 Å². The van der Waals surface area contributed by atoms with E-state index in [4.69, 9.17) is 9.47 Å². The lowest BCUT2D eigenvalue weighted by Gasteiger charge is -2.57. The molecule has 4 bridgehead atoms. The van der Waals surface area contributed by atoms with Gasteiger partial charge in [0.15, 0.2) is 6.10 Å². The van der Waals surface area contributed by atoms with Gasteiger partial charge < -0.3 is 14.6 Å². The van der Waals surface area contributed by atoms with Crippen molar-refractivity contribution >= 4 is 22.7 Å². The zero-order chi connectivity index (χ0) is 27.1. The number of ether oxygens (including phenoxy) is 2. The minimum absolute atomic E-state index is 0.100. The van der Waals surface area contributed by atoms with Crippen molar-refractivity contribution in [1.29, 1.82) is 0 Å². The van der Waals surface area contributed by atoms with E-state index < -0.39 is 12.1 Å². The second kappa shape index (κ2) is 10.3. The number of carbonyl (C=O) groups is 2. The van der Waals surface area contributed by atoms with Gasteiger partial charge in [0, 0.05) is 5.56 Å². The van der Waals surface area contributed by atoms with E-state index in [1.165, 1.54) is 44.1 Å². The van der Waals surface area contributed by atoms with Crippen molar-refractivity contribution in [3.63, 3.8) is 0 Å². The van der Waals surface area contributed by atoms with E-state index in [2.05, 4.69) is 37.3 Å². The number of carboxylic acid groups (broad SMARTS) is 1. The quantitative estimate of drug-likeness (QED) is 0.288. The summed E-state index contributed by atoms with van der Waals surface area (Å²) in [6.45, 7) is 4.25. The Morgan fingerprint density at radius 1 is 0.872 bits per heavy atom. The van der Waals surface area contributed by atoms with Crippen LogP contribution in [0.1, 0.15) is 81.1 Å². The van der Waals surface area contributed by atoms with E-state index >= 15 is 0 Å². The van der Waals surface area contributed by atoms with Gasteiger partial charge in [0.1, 0.15) is 5.75 Å². The fourth-order valence-corrected chi connectivity index (χ4v) is 8.09. The Labute approximate surface area is 230 Å². The summed E-state index contributed by atoms with van der Waals surface area (Å²) in [5, 5.41) is 11.5. The van der Waals surface area contributed by atoms with E-state index in [1.54, 1.807) is 12.1 Å². The molecule has 0 saturated heterocycles. The molecule has 3 aromatic carbocycles. The molecule has 0 aliphatic heterocycles. The van der Waals surface area contributed by atoms with Crippen molar-refractivity contribution in [3.8, 4) is 16.9 Å². The first-order valence-electron chi connectivity index (χ1n) is 14.6. The lowest BCUT2D eigenvalue weighted by atomic mass is 9.48. The van der Waals surface area contributed by atoms with E-state index in [0.717, 1.165) is 51.8 Å². The average Bonchev–Trinajstić information content (AvgIpc) is 2.91. The summed E-state index contributed by atoms with van der Waals surface area (Å²) >= 11 is 0. The van der Waals surface area contributed by atoms with Gasteiger partial charge in [-0.2, -0.15) is 0 Å².